The quantitative estimate of drug-likeness (QED) is 0.409. The summed E-state index contributed by atoms with van der Waals surface area (Å²) in [6.07, 6.45) is 6.17. The van der Waals surface area contributed by atoms with Crippen LogP contribution in [0.4, 0.5) is 4.39 Å². The van der Waals surface area contributed by atoms with Crippen LogP contribution in [0.15, 0.2) is 73.9 Å². The monoisotopic (exact) mass is 348 g/mol. The highest BCUT2D eigenvalue weighted by atomic mass is 19.1. The van der Waals surface area contributed by atoms with Crippen molar-refractivity contribution in [1.82, 2.24) is 0 Å². The second kappa shape index (κ2) is 9.33. The van der Waals surface area contributed by atoms with Crippen molar-refractivity contribution in [3.63, 3.8) is 0 Å². The summed E-state index contributed by atoms with van der Waals surface area (Å²) >= 11 is 0. The van der Waals surface area contributed by atoms with Crippen LogP contribution < -0.4 is 0 Å². The molecule has 1 atom stereocenters. The minimum absolute atomic E-state index is 0.204. The Morgan fingerprint density at radius 2 is 1.77 bits per heavy atom. The molecule has 26 heavy (non-hydrogen) atoms. The molecule has 0 aliphatic rings. The largest absolute Gasteiger partial charge is 0.206 e. The van der Waals surface area contributed by atoms with Gasteiger partial charge in [0.2, 0.25) is 0 Å². The lowest BCUT2D eigenvalue weighted by molar-refractivity contribution is 0.484. The van der Waals surface area contributed by atoms with Gasteiger partial charge in [-0.3, -0.25) is 0 Å². The van der Waals surface area contributed by atoms with E-state index in [1.807, 2.05) is 37.3 Å². The molecule has 0 fully saturated rings. The number of hydrogen-bond donors (Lipinski definition) is 0. The van der Waals surface area contributed by atoms with Crippen LogP contribution in [0.2, 0.25) is 0 Å². The Morgan fingerprint density at radius 1 is 1.08 bits per heavy atom. The van der Waals surface area contributed by atoms with E-state index >= 15 is 0 Å². The Bertz CT molecular complexity index is 780. The number of benzene rings is 2. The van der Waals surface area contributed by atoms with E-state index in [0.717, 1.165) is 42.4 Å². The predicted molar refractivity (Wildman–Crippen MR) is 113 cm³/mol. The van der Waals surface area contributed by atoms with Crippen molar-refractivity contribution in [3.8, 4) is 11.1 Å². The minimum atomic E-state index is -0.204. The summed E-state index contributed by atoms with van der Waals surface area (Å²) in [6.45, 7) is 15.7. The third-order valence-electron chi connectivity index (χ3n) is 4.67. The van der Waals surface area contributed by atoms with Crippen LogP contribution in [0.25, 0.3) is 16.7 Å². The molecule has 2 aromatic carbocycles. The second-order valence-corrected chi connectivity index (χ2v) is 7.27. The van der Waals surface area contributed by atoms with E-state index in [9.17, 15) is 4.39 Å². The normalized spacial score (nSPS) is 11.8. The second-order valence-electron chi connectivity index (χ2n) is 7.27. The van der Waals surface area contributed by atoms with Crippen molar-refractivity contribution < 1.29 is 4.39 Å². The molecule has 2 aromatic rings. The molecule has 0 amide bonds. The average molecular weight is 349 g/mol. The first-order valence-electron chi connectivity index (χ1n) is 9.20. The van der Waals surface area contributed by atoms with Crippen LogP contribution in [-0.4, -0.2) is 0 Å². The van der Waals surface area contributed by atoms with Crippen molar-refractivity contribution in [3.05, 3.63) is 90.8 Å². The lowest BCUT2D eigenvalue weighted by Gasteiger charge is -2.16. The van der Waals surface area contributed by atoms with Gasteiger partial charge in [-0.05, 0) is 68.2 Å². The van der Waals surface area contributed by atoms with Crippen molar-refractivity contribution >= 4 is 5.57 Å². The highest BCUT2D eigenvalue weighted by Crippen LogP contribution is 2.27. The zero-order chi connectivity index (χ0) is 19.1. The number of halogens is 1. The van der Waals surface area contributed by atoms with E-state index in [-0.39, 0.29) is 5.82 Å². The summed E-state index contributed by atoms with van der Waals surface area (Å²) in [6, 6.07) is 13.6. The smallest absolute Gasteiger partial charge is 0.131 e. The molecule has 0 aromatic heterocycles. The Labute approximate surface area is 157 Å². The maximum Gasteiger partial charge on any atom is 0.131 e. The van der Waals surface area contributed by atoms with Crippen LogP contribution in [0, 0.1) is 11.7 Å². The minimum Gasteiger partial charge on any atom is -0.206 e. The fourth-order valence-electron chi connectivity index (χ4n) is 3.29. The fourth-order valence-corrected chi connectivity index (χ4v) is 3.29. The van der Waals surface area contributed by atoms with Crippen molar-refractivity contribution in [2.45, 2.75) is 39.5 Å². The SMILES string of the molecule is C=CCCC(CC(=C)C)Cc1ccc(-c2ccc(C(=C)C)cc2F)cc1. The van der Waals surface area contributed by atoms with Gasteiger partial charge in [0.1, 0.15) is 5.82 Å². The van der Waals surface area contributed by atoms with Gasteiger partial charge in [0, 0.05) is 5.56 Å². The highest BCUT2D eigenvalue weighted by Gasteiger charge is 2.11. The molecular formula is C25H29F. The summed E-state index contributed by atoms with van der Waals surface area (Å²) in [5.74, 6) is 0.368. The van der Waals surface area contributed by atoms with E-state index in [1.54, 1.807) is 6.07 Å². The lowest BCUT2D eigenvalue weighted by Crippen LogP contribution is -2.05. The molecule has 0 spiro atoms. The van der Waals surface area contributed by atoms with Gasteiger partial charge in [-0.25, -0.2) is 4.39 Å². The summed E-state index contributed by atoms with van der Waals surface area (Å²) in [5.41, 5.74) is 5.74. The molecule has 1 unspecified atom stereocenters. The molecule has 0 saturated heterocycles. The first kappa shape index (κ1) is 19.9. The molecule has 0 nitrogen and oxygen atoms in total. The Kier molecular flexibility index (Phi) is 7.15. The zero-order valence-corrected chi connectivity index (χ0v) is 16.0. The van der Waals surface area contributed by atoms with Gasteiger partial charge in [0.05, 0.1) is 0 Å². The zero-order valence-electron chi connectivity index (χ0n) is 16.0. The van der Waals surface area contributed by atoms with Gasteiger partial charge in [-0.1, -0.05) is 60.2 Å². The first-order valence-corrected chi connectivity index (χ1v) is 9.20. The molecule has 0 heterocycles. The molecular weight excluding hydrogens is 319 g/mol. The summed E-state index contributed by atoms with van der Waals surface area (Å²) in [4.78, 5) is 0. The molecule has 0 saturated carbocycles. The Morgan fingerprint density at radius 3 is 2.31 bits per heavy atom. The summed E-state index contributed by atoms with van der Waals surface area (Å²) in [7, 11) is 0. The van der Waals surface area contributed by atoms with Crippen molar-refractivity contribution in [2.24, 2.45) is 5.92 Å². The lowest BCUT2D eigenvalue weighted by atomic mass is 9.89. The standard InChI is InChI=1S/C25H29F/c1-6-7-8-21(15-18(2)3)16-20-9-11-22(12-10-20)24-14-13-23(19(4)5)17-25(24)26/h6,9-14,17,21H,1-2,4,7-8,15-16H2,3,5H3. The molecule has 2 rings (SSSR count). The van der Waals surface area contributed by atoms with Gasteiger partial charge < -0.3 is 0 Å². The summed E-state index contributed by atoms with van der Waals surface area (Å²) in [5, 5.41) is 0. The van der Waals surface area contributed by atoms with Gasteiger partial charge in [-0.2, -0.15) is 0 Å². The van der Waals surface area contributed by atoms with Gasteiger partial charge in [0.25, 0.3) is 0 Å². The molecule has 0 N–H and O–H groups in total. The first-order chi connectivity index (χ1) is 12.4. The topological polar surface area (TPSA) is 0 Å². The highest BCUT2D eigenvalue weighted by molar-refractivity contribution is 5.69. The molecule has 0 bridgehead atoms. The number of rotatable bonds is 9. The Hall–Kier alpha value is -2.41. The molecule has 0 aliphatic heterocycles. The van der Waals surface area contributed by atoms with Crippen LogP contribution in [0.3, 0.4) is 0 Å². The Balaban J connectivity index is 2.15. The van der Waals surface area contributed by atoms with Gasteiger partial charge >= 0.3 is 0 Å². The summed E-state index contributed by atoms with van der Waals surface area (Å²) < 4.78 is 14.4. The van der Waals surface area contributed by atoms with Crippen molar-refractivity contribution in [2.75, 3.05) is 0 Å². The molecule has 1 heteroatoms. The maximum atomic E-state index is 14.4. The molecule has 0 radical (unpaired) electrons. The van der Waals surface area contributed by atoms with E-state index in [2.05, 4.69) is 38.8 Å². The number of allylic oxidation sites excluding steroid dienone is 3. The average Bonchev–Trinajstić information content (AvgIpc) is 2.60. The molecule has 136 valence electrons. The van der Waals surface area contributed by atoms with E-state index in [0.29, 0.717) is 11.5 Å². The van der Waals surface area contributed by atoms with E-state index < -0.39 is 0 Å². The van der Waals surface area contributed by atoms with Crippen molar-refractivity contribution in [1.29, 1.82) is 0 Å². The van der Waals surface area contributed by atoms with Crippen LogP contribution in [-0.2, 0) is 6.42 Å². The van der Waals surface area contributed by atoms with Gasteiger partial charge in [0.15, 0.2) is 0 Å². The van der Waals surface area contributed by atoms with E-state index in [4.69, 9.17) is 0 Å². The van der Waals surface area contributed by atoms with Crippen LogP contribution in [0.1, 0.15) is 44.2 Å². The van der Waals surface area contributed by atoms with E-state index in [1.165, 1.54) is 11.1 Å². The fraction of sp³-hybridized carbons (Fsp3) is 0.280. The van der Waals surface area contributed by atoms with Crippen LogP contribution >= 0.6 is 0 Å². The third kappa shape index (κ3) is 5.56. The van der Waals surface area contributed by atoms with Crippen LogP contribution in [0.5, 0.6) is 0 Å². The maximum absolute atomic E-state index is 14.4. The third-order valence-corrected chi connectivity index (χ3v) is 4.67. The molecule has 0 aliphatic carbocycles. The number of hydrogen-bond acceptors (Lipinski definition) is 0. The van der Waals surface area contributed by atoms with Gasteiger partial charge in [-0.15, -0.1) is 13.2 Å². The predicted octanol–water partition coefficient (Wildman–Crippen LogP) is 7.62.